The van der Waals surface area contributed by atoms with Crippen LogP contribution in [-0.2, 0) is 22.9 Å². The smallest absolute Gasteiger partial charge is 0.255 e. The Labute approximate surface area is 125 Å². The van der Waals surface area contributed by atoms with Gasteiger partial charge in [0.1, 0.15) is 22.3 Å². The third-order valence-electron chi connectivity index (χ3n) is 3.19. The van der Waals surface area contributed by atoms with Crippen LogP contribution in [0.1, 0.15) is 22.6 Å². The van der Waals surface area contributed by atoms with Crippen molar-refractivity contribution in [3.8, 4) is 6.07 Å². The Kier molecular flexibility index (Phi) is 3.39. The normalized spacial score (nSPS) is 13.7. The van der Waals surface area contributed by atoms with Crippen molar-refractivity contribution in [1.82, 2.24) is 4.98 Å². The molecule has 1 heterocycles. The van der Waals surface area contributed by atoms with Crippen LogP contribution in [0.15, 0.2) is 23.1 Å². The Hall–Kier alpha value is -1.98. The first-order chi connectivity index (χ1) is 10.0. The maximum absolute atomic E-state index is 13.5. The van der Waals surface area contributed by atoms with Gasteiger partial charge in [0, 0.05) is 4.88 Å². The monoisotopic (exact) mass is 323 g/mol. The topological polar surface area (TPSA) is 82.8 Å². The molecule has 21 heavy (non-hydrogen) atoms. The molecule has 1 aromatic heterocycles. The maximum Gasteiger partial charge on any atom is 0.265 e. The molecule has 0 amide bonds. The van der Waals surface area contributed by atoms with E-state index >= 15 is 0 Å². The molecule has 108 valence electrons. The highest BCUT2D eigenvalue weighted by Gasteiger charge is 2.24. The molecule has 0 radical (unpaired) electrons. The fraction of sp³-hybridized carbons (Fsp3) is 0.231. The van der Waals surface area contributed by atoms with E-state index in [0.29, 0.717) is 0 Å². The molecule has 1 aliphatic rings. The summed E-state index contributed by atoms with van der Waals surface area (Å²) < 4.78 is 40.4. The highest BCUT2D eigenvalue weighted by Crippen LogP contribution is 2.32. The van der Waals surface area contributed by atoms with Crippen molar-refractivity contribution >= 4 is 26.5 Å². The fourth-order valence-electron chi connectivity index (χ4n) is 2.24. The molecular formula is C13H10FN3O2S2. The predicted octanol–water partition coefficient (Wildman–Crippen LogP) is 2.44. The summed E-state index contributed by atoms with van der Waals surface area (Å²) in [7, 11) is -4.03. The highest BCUT2D eigenvalue weighted by molar-refractivity contribution is 7.93. The van der Waals surface area contributed by atoms with Gasteiger partial charge in [-0.2, -0.15) is 5.26 Å². The molecule has 5 nitrogen and oxygen atoms in total. The van der Waals surface area contributed by atoms with Crippen LogP contribution in [0.4, 0.5) is 9.52 Å². The number of hydrogen-bond donors (Lipinski definition) is 1. The number of hydrogen-bond acceptors (Lipinski definition) is 5. The third kappa shape index (κ3) is 2.50. The van der Waals surface area contributed by atoms with Crippen molar-refractivity contribution in [3.05, 3.63) is 40.2 Å². The molecule has 0 fully saturated rings. The molecule has 1 aromatic carbocycles. The van der Waals surface area contributed by atoms with Crippen molar-refractivity contribution < 1.29 is 12.8 Å². The number of nitrogens with zero attached hydrogens (tertiary/aromatic N) is 2. The predicted molar refractivity (Wildman–Crippen MR) is 76.1 cm³/mol. The van der Waals surface area contributed by atoms with Gasteiger partial charge in [-0.3, -0.25) is 4.72 Å². The fourth-order valence-corrected chi connectivity index (χ4v) is 4.69. The summed E-state index contributed by atoms with van der Waals surface area (Å²) in [4.78, 5) is 4.93. The molecule has 0 aliphatic heterocycles. The van der Waals surface area contributed by atoms with Gasteiger partial charge in [-0.05, 0) is 31.4 Å². The molecule has 8 heteroatoms. The largest absolute Gasteiger partial charge is 0.265 e. The van der Waals surface area contributed by atoms with E-state index in [4.69, 9.17) is 5.26 Å². The molecule has 0 saturated heterocycles. The lowest BCUT2D eigenvalue weighted by atomic mass is 10.2. The average molecular weight is 323 g/mol. The van der Waals surface area contributed by atoms with Crippen LogP contribution in [-0.4, -0.2) is 13.4 Å². The van der Waals surface area contributed by atoms with Crippen LogP contribution in [0.5, 0.6) is 0 Å². The minimum absolute atomic E-state index is 0.257. The lowest BCUT2D eigenvalue weighted by Gasteiger charge is -2.07. The minimum Gasteiger partial charge on any atom is -0.255 e. The Morgan fingerprint density at radius 2 is 2.19 bits per heavy atom. The molecule has 3 rings (SSSR count). The lowest BCUT2D eigenvalue weighted by molar-refractivity contribution is 0.593. The number of aryl methyl sites for hydroxylation is 2. The number of halogens is 1. The van der Waals surface area contributed by atoms with Crippen LogP contribution >= 0.6 is 11.3 Å². The number of nitrogens with one attached hydrogen (secondary N) is 1. The van der Waals surface area contributed by atoms with E-state index in [1.54, 1.807) is 6.07 Å². The van der Waals surface area contributed by atoms with E-state index in [1.165, 1.54) is 23.5 Å². The summed E-state index contributed by atoms with van der Waals surface area (Å²) in [5.74, 6) is -0.859. The van der Waals surface area contributed by atoms with Gasteiger partial charge in [0.15, 0.2) is 5.13 Å². The van der Waals surface area contributed by atoms with Crippen molar-refractivity contribution in [2.24, 2.45) is 0 Å². The zero-order valence-corrected chi connectivity index (χ0v) is 12.4. The molecule has 0 bridgehead atoms. The second-order valence-corrected chi connectivity index (χ2v) is 7.31. The van der Waals surface area contributed by atoms with E-state index in [9.17, 15) is 12.8 Å². The summed E-state index contributed by atoms with van der Waals surface area (Å²) in [6, 6.07) is 5.09. The molecule has 1 N–H and O–H groups in total. The number of rotatable bonds is 3. The van der Waals surface area contributed by atoms with E-state index in [-0.39, 0.29) is 10.0 Å². The SMILES string of the molecule is N#Cc1c(F)cccc1S(=O)(=O)Nc1nc2c(s1)CCC2. The molecule has 0 saturated carbocycles. The van der Waals surface area contributed by atoms with Crippen LogP contribution in [0.2, 0.25) is 0 Å². The number of anilines is 1. The zero-order chi connectivity index (χ0) is 15.0. The number of benzene rings is 1. The first-order valence-electron chi connectivity index (χ1n) is 6.21. The van der Waals surface area contributed by atoms with Gasteiger partial charge >= 0.3 is 0 Å². The Bertz CT molecular complexity index is 831. The van der Waals surface area contributed by atoms with Crippen LogP contribution in [0.25, 0.3) is 0 Å². The maximum atomic E-state index is 13.5. The van der Waals surface area contributed by atoms with Crippen molar-refractivity contribution in [1.29, 1.82) is 5.26 Å². The van der Waals surface area contributed by atoms with E-state index in [1.807, 2.05) is 0 Å². The molecular weight excluding hydrogens is 313 g/mol. The summed E-state index contributed by atoms with van der Waals surface area (Å²) in [6.07, 6.45) is 2.78. The number of nitriles is 1. The molecule has 0 atom stereocenters. The summed E-state index contributed by atoms with van der Waals surface area (Å²) in [5, 5.41) is 9.19. The number of thiazole rings is 1. The van der Waals surface area contributed by atoms with Crippen LogP contribution in [0, 0.1) is 17.1 Å². The van der Waals surface area contributed by atoms with E-state index in [0.717, 1.165) is 35.9 Å². The van der Waals surface area contributed by atoms with Gasteiger partial charge in [-0.25, -0.2) is 17.8 Å². The van der Waals surface area contributed by atoms with Crippen LogP contribution in [0.3, 0.4) is 0 Å². The summed E-state index contributed by atoms with van der Waals surface area (Å²) >= 11 is 1.28. The first-order valence-corrected chi connectivity index (χ1v) is 8.51. The first kappa shape index (κ1) is 14.0. The second-order valence-electron chi connectivity index (χ2n) is 4.57. The molecule has 1 aliphatic carbocycles. The quantitative estimate of drug-likeness (QED) is 0.940. The van der Waals surface area contributed by atoms with E-state index < -0.39 is 21.4 Å². The standard InChI is InChI=1S/C13H10FN3O2S2/c14-9-3-1-6-12(8(9)7-15)21(18,19)17-13-16-10-4-2-5-11(10)20-13/h1,3,6H,2,4-5H2,(H,16,17). The Morgan fingerprint density at radius 3 is 2.90 bits per heavy atom. The average Bonchev–Trinajstić information content (AvgIpc) is 2.98. The lowest BCUT2D eigenvalue weighted by Crippen LogP contribution is -2.15. The second kappa shape index (κ2) is 5.09. The minimum atomic E-state index is -4.03. The summed E-state index contributed by atoms with van der Waals surface area (Å²) in [5.41, 5.74) is 0.423. The molecule has 0 spiro atoms. The van der Waals surface area contributed by atoms with Crippen molar-refractivity contribution in [3.63, 3.8) is 0 Å². The van der Waals surface area contributed by atoms with Gasteiger partial charge in [0.25, 0.3) is 10.0 Å². The Balaban J connectivity index is 1.97. The van der Waals surface area contributed by atoms with Crippen molar-refractivity contribution in [2.45, 2.75) is 24.2 Å². The van der Waals surface area contributed by atoms with E-state index in [2.05, 4.69) is 9.71 Å². The number of aromatic nitrogens is 1. The zero-order valence-electron chi connectivity index (χ0n) is 10.8. The van der Waals surface area contributed by atoms with Crippen molar-refractivity contribution in [2.75, 3.05) is 4.72 Å². The molecule has 0 unspecified atom stereocenters. The third-order valence-corrected chi connectivity index (χ3v) is 5.78. The van der Waals surface area contributed by atoms with Crippen LogP contribution < -0.4 is 4.72 Å². The summed E-state index contributed by atoms with van der Waals surface area (Å²) in [6.45, 7) is 0. The van der Waals surface area contributed by atoms with Gasteiger partial charge < -0.3 is 0 Å². The van der Waals surface area contributed by atoms with Gasteiger partial charge in [-0.15, -0.1) is 11.3 Å². The van der Waals surface area contributed by atoms with Gasteiger partial charge in [-0.1, -0.05) is 6.07 Å². The molecule has 2 aromatic rings. The van der Waals surface area contributed by atoms with Gasteiger partial charge in [0.2, 0.25) is 0 Å². The number of sulfonamides is 1. The Morgan fingerprint density at radius 1 is 1.38 bits per heavy atom. The number of fused-ring (bicyclic) bond motifs is 1. The van der Waals surface area contributed by atoms with Gasteiger partial charge in [0.05, 0.1) is 5.69 Å². The highest BCUT2D eigenvalue weighted by atomic mass is 32.2.